The number of benzene rings is 4. The van der Waals surface area contributed by atoms with Crippen molar-refractivity contribution in [2.45, 2.75) is 0 Å². The van der Waals surface area contributed by atoms with Gasteiger partial charge in [0.1, 0.15) is 0 Å². The van der Waals surface area contributed by atoms with Crippen molar-refractivity contribution in [3.8, 4) is 0 Å². The smallest absolute Gasteiger partial charge is 0.0994 e. The van der Waals surface area contributed by atoms with Crippen molar-refractivity contribution < 1.29 is 0 Å². The molecule has 2 N–H and O–H groups in total. The van der Waals surface area contributed by atoms with E-state index in [0.29, 0.717) is 0 Å². The molecule has 0 bridgehead atoms. The van der Waals surface area contributed by atoms with Gasteiger partial charge >= 0.3 is 0 Å². The molecular formula is C24H14N4. The van der Waals surface area contributed by atoms with Crippen molar-refractivity contribution in [3.63, 3.8) is 0 Å². The molecule has 0 fully saturated rings. The molecule has 0 aliphatic carbocycles. The van der Waals surface area contributed by atoms with E-state index in [2.05, 4.69) is 82.8 Å². The Morgan fingerprint density at radius 2 is 0.929 bits per heavy atom. The van der Waals surface area contributed by atoms with Crippen LogP contribution >= 0.6 is 0 Å². The van der Waals surface area contributed by atoms with Crippen LogP contribution in [0.15, 0.2) is 72.8 Å². The molecule has 4 nitrogen and oxygen atoms in total. The van der Waals surface area contributed by atoms with Crippen molar-refractivity contribution in [1.82, 2.24) is 19.9 Å². The van der Waals surface area contributed by atoms with Crippen LogP contribution in [-0.4, -0.2) is 19.9 Å². The van der Waals surface area contributed by atoms with Crippen LogP contribution in [0, 0.1) is 0 Å². The summed E-state index contributed by atoms with van der Waals surface area (Å²) >= 11 is 0. The van der Waals surface area contributed by atoms with E-state index in [0.717, 1.165) is 54.9 Å². The van der Waals surface area contributed by atoms with Gasteiger partial charge in [0.25, 0.3) is 0 Å². The Bertz CT molecular complexity index is 1590. The molecule has 0 saturated heterocycles. The van der Waals surface area contributed by atoms with E-state index in [4.69, 9.17) is 9.97 Å². The van der Waals surface area contributed by atoms with Gasteiger partial charge in [-0.1, -0.05) is 36.4 Å². The van der Waals surface area contributed by atoms with Gasteiger partial charge in [-0.25, -0.2) is 9.97 Å². The van der Waals surface area contributed by atoms with Crippen LogP contribution < -0.4 is 0 Å². The average molecular weight is 358 g/mol. The summed E-state index contributed by atoms with van der Waals surface area (Å²) < 4.78 is 0. The zero-order valence-corrected chi connectivity index (χ0v) is 14.8. The van der Waals surface area contributed by atoms with Crippen molar-refractivity contribution in [3.05, 3.63) is 72.8 Å². The molecule has 3 heterocycles. The number of para-hydroxylation sites is 2. The van der Waals surface area contributed by atoms with Crippen LogP contribution in [0.25, 0.3) is 65.7 Å². The number of fused-ring (bicyclic) bond motifs is 10. The molecule has 0 aliphatic rings. The quantitative estimate of drug-likeness (QED) is 0.324. The molecular weight excluding hydrogens is 344 g/mol. The first-order chi connectivity index (χ1) is 13.9. The van der Waals surface area contributed by atoms with Gasteiger partial charge in [-0.2, -0.15) is 0 Å². The van der Waals surface area contributed by atoms with Gasteiger partial charge in [0.2, 0.25) is 0 Å². The minimum Gasteiger partial charge on any atom is -0.354 e. The molecule has 130 valence electrons. The van der Waals surface area contributed by atoms with Gasteiger partial charge in [-0.3, -0.25) is 0 Å². The summed E-state index contributed by atoms with van der Waals surface area (Å²) in [6.07, 6.45) is 0. The van der Waals surface area contributed by atoms with Crippen molar-refractivity contribution in [2.24, 2.45) is 0 Å². The zero-order chi connectivity index (χ0) is 18.2. The maximum atomic E-state index is 5.07. The number of hydrogen-bond donors (Lipinski definition) is 2. The SMILES string of the molecule is c1ccc2c(c1)[nH]c1ccc3nc4c(ccc5[nH]c6ccccc6c54)nc3c12. The first-order valence-electron chi connectivity index (χ1n) is 9.37. The third-order valence-electron chi connectivity index (χ3n) is 5.71. The Hall–Kier alpha value is -3.92. The number of rotatable bonds is 0. The predicted octanol–water partition coefficient (Wildman–Crippen LogP) is 6.05. The van der Waals surface area contributed by atoms with Crippen LogP contribution in [0.3, 0.4) is 0 Å². The lowest BCUT2D eigenvalue weighted by molar-refractivity contribution is 1.42. The van der Waals surface area contributed by atoms with Gasteiger partial charge in [-0.15, -0.1) is 0 Å². The van der Waals surface area contributed by atoms with Crippen LogP contribution in [0.2, 0.25) is 0 Å². The second-order valence-electron chi connectivity index (χ2n) is 7.28. The lowest BCUT2D eigenvalue weighted by atomic mass is 10.1. The maximum absolute atomic E-state index is 5.07. The topological polar surface area (TPSA) is 57.4 Å². The van der Waals surface area contributed by atoms with Gasteiger partial charge in [0, 0.05) is 43.6 Å². The molecule has 4 aromatic carbocycles. The largest absolute Gasteiger partial charge is 0.354 e. The Morgan fingerprint density at radius 1 is 0.464 bits per heavy atom. The highest BCUT2D eigenvalue weighted by Crippen LogP contribution is 2.34. The minimum absolute atomic E-state index is 0.919. The van der Waals surface area contributed by atoms with Crippen LogP contribution in [0.5, 0.6) is 0 Å². The van der Waals surface area contributed by atoms with Gasteiger partial charge < -0.3 is 9.97 Å². The summed E-state index contributed by atoms with van der Waals surface area (Å²) in [6, 6.07) is 25.1. The van der Waals surface area contributed by atoms with Crippen LogP contribution in [0.1, 0.15) is 0 Å². The summed E-state index contributed by atoms with van der Waals surface area (Å²) in [5.74, 6) is 0. The second kappa shape index (κ2) is 4.87. The average Bonchev–Trinajstić information content (AvgIpc) is 3.30. The third kappa shape index (κ3) is 1.70. The fourth-order valence-electron chi connectivity index (χ4n) is 4.47. The van der Waals surface area contributed by atoms with E-state index in [1.165, 1.54) is 10.8 Å². The first-order valence-corrected chi connectivity index (χ1v) is 9.37. The fraction of sp³-hybridized carbons (Fsp3) is 0. The van der Waals surface area contributed by atoms with Crippen molar-refractivity contribution >= 4 is 65.7 Å². The number of aromatic amines is 2. The molecule has 0 unspecified atom stereocenters. The zero-order valence-electron chi connectivity index (χ0n) is 14.8. The Kier molecular flexibility index (Phi) is 2.46. The van der Waals surface area contributed by atoms with Gasteiger partial charge in [-0.05, 0) is 36.4 Å². The monoisotopic (exact) mass is 358 g/mol. The first kappa shape index (κ1) is 14.2. The number of nitrogens with one attached hydrogen (secondary N) is 2. The van der Waals surface area contributed by atoms with Gasteiger partial charge in [0.05, 0.1) is 22.1 Å². The molecule has 7 aromatic rings. The minimum atomic E-state index is 0.919. The lowest BCUT2D eigenvalue weighted by Gasteiger charge is -2.04. The van der Waals surface area contributed by atoms with E-state index in [9.17, 15) is 0 Å². The number of aromatic nitrogens is 4. The molecule has 3 aromatic heterocycles. The van der Waals surface area contributed by atoms with E-state index < -0.39 is 0 Å². The van der Waals surface area contributed by atoms with Crippen molar-refractivity contribution in [2.75, 3.05) is 0 Å². The van der Waals surface area contributed by atoms with E-state index in [1.807, 2.05) is 0 Å². The summed E-state index contributed by atoms with van der Waals surface area (Å²) in [6.45, 7) is 0. The molecule has 0 spiro atoms. The molecule has 0 radical (unpaired) electrons. The van der Waals surface area contributed by atoms with E-state index in [-0.39, 0.29) is 0 Å². The molecule has 7 rings (SSSR count). The summed E-state index contributed by atoms with van der Waals surface area (Å²) in [7, 11) is 0. The molecule has 0 saturated carbocycles. The molecule has 0 atom stereocenters. The molecule has 0 aliphatic heterocycles. The second-order valence-corrected chi connectivity index (χ2v) is 7.28. The standard InChI is InChI=1S/C24H14N4/c1-3-7-15-13(5-1)21-17(25-15)9-11-19-23(21)27-20-12-10-18-22(24(20)28-19)14-6-2-4-8-16(14)26-18/h1-12,25-26H. The van der Waals surface area contributed by atoms with Crippen LogP contribution in [-0.2, 0) is 0 Å². The predicted molar refractivity (Wildman–Crippen MR) is 116 cm³/mol. The Morgan fingerprint density at radius 3 is 1.43 bits per heavy atom. The molecule has 0 amide bonds. The van der Waals surface area contributed by atoms with Gasteiger partial charge in [0.15, 0.2) is 0 Å². The van der Waals surface area contributed by atoms with Crippen molar-refractivity contribution in [1.29, 1.82) is 0 Å². The lowest BCUT2D eigenvalue weighted by Crippen LogP contribution is -1.89. The van der Waals surface area contributed by atoms with E-state index in [1.54, 1.807) is 0 Å². The maximum Gasteiger partial charge on any atom is 0.0994 e. The normalized spacial score (nSPS) is 12.3. The summed E-state index contributed by atoms with van der Waals surface area (Å²) in [4.78, 5) is 17.1. The summed E-state index contributed by atoms with van der Waals surface area (Å²) in [5.41, 5.74) is 8.16. The Balaban J connectivity index is 1.71. The highest BCUT2D eigenvalue weighted by atomic mass is 14.8. The summed E-state index contributed by atoms with van der Waals surface area (Å²) in [5, 5.41) is 4.65. The number of H-pyrrole nitrogens is 2. The Labute approximate surface area is 158 Å². The highest BCUT2D eigenvalue weighted by Gasteiger charge is 2.14. The number of nitrogens with zero attached hydrogens (tertiary/aromatic N) is 2. The highest BCUT2D eigenvalue weighted by molar-refractivity contribution is 6.22. The van der Waals surface area contributed by atoms with E-state index >= 15 is 0 Å². The molecule has 28 heavy (non-hydrogen) atoms. The fourth-order valence-corrected chi connectivity index (χ4v) is 4.47. The van der Waals surface area contributed by atoms with Crippen LogP contribution in [0.4, 0.5) is 0 Å². The molecule has 4 heteroatoms. The third-order valence-corrected chi connectivity index (χ3v) is 5.71. The number of hydrogen-bond acceptors (Lipinski definition) is 2.